The normalized spacial score (nSPS) is 10.4. The zero-order valence-electron chi connectivity index (χ0n) is 7.23. The maximum Gasteiger partial charge on any atom is 0.214 e. The van der Waals surface area contributed by atoms with E-state index in [1.54, 1.807) is 6.20 Å². The van der Waals surface area contributed by atoms with E-state index >= 15 is 0 Å². The van der Waals surface area contributed by atoms with Crippen molar-refractivity contribution < 1.29 is 0 Å². The first-order valence-electron chi connectivity index (χ1n) is 3.78. The largest absolute Gasteiger partial charge is 0.262 e. The second-order valence-corrected chi connectivity index (χ2v) is 3.86. The van der Waals surface area contributed by atoms with Gasteiger partial charge in [0.1, 0.15) is 16.0 Å². The van der Waals surface area contributed by atoms with Crippen molar-refractivity contribution in [2.45, 2.75) is 17.1 Å². The van der Waals surface area contributed by atoms with Gasteiger partial charge >= 0.3 is 0 Å². The summed E-state index contributed by atoms with van der Waals surface area (Å²) in [6, 6.07) is 0. The van der Waals surface area contributed by atoms with Crippen LogP contribution in [0, 0.1) is 6.92 Å². The number of H-pyrrole nitrogens is 1. The molecule has 2 aromatic rings. The molecule has 72 valence electrons. The van der Waals surface area contributed by atoms with Crippen molar-refractivity contribution in [2.75, 3.05) is 0 Å². The Kier molecular flexibility index (Phi) is 2.64. The number of aromatic nitrogens is 5. The molecule has 0 aromatic carbocycles. The van der Waals surface area contributed by atoms with Crippen LogP contribution in [0.5, 0.6) is 0 Å². The summed E-state index contributed by atoms with van der Waals surface area (Å²) in [5.74, 6) is 0.766. The van der Waals surface area contributed by atoms with Gasteiger partial charge in [0.05, 0.1) is 12.4 Å². The highest BCUT2D eigenvalue weighted by atomic mass is 35.5. The Morgan fingerprint density at radius 1 is 1.36 bits per heavy atom. The van der Waals surface area contributed by atoms with E-state index in [1.807, 2.05) is 6.92 Å². The Hall–Kier alpha value is -1.14. The number of hydrogen-bond acceptors (Lipinski definition) is 5. The van der Waals surface area contributed by atoms with Gasteiger partial charge in [-0.3, -0.25) is 10.1 Å². The molecule has 0 amide bonds. The Morgan fingerprint density at radius 2 is 2.21 bits per heavy atom. The van der Waals surface area contributed by atoms with Crippen LogP contribution in [-0.4, -0.2) is 25.1 Å². The molecule has 0 unspecified atom stereocenters. The van der Waals surface area contributed by atoms with Gasteiger partial charge in [-0.25, -0.2) is 9.97 Å². The minimum Gasteiger partial charge on any atom is -0.262 e. The maximum absolute atomic E-state index is 5.68. The molecule has 0 saturated heterocycles. The topological polar surface area (TPSA) is 67.3 Å². The van der Waals surface area contributed by atoms with Crippen LogP contribution >= 0.6 is 23.4 Å². The molecule has 0 aliphatic rings. The summed E-state index contributed by atoms with van der Waals surface area (Å²) in [5.41, 5.74) is 0. The molecule has 0 aliphatic carbocycles. The molecule has 0 fully saturated rings. The Morgan fingerprint density at radius 3 is 2.86 bits per heavy atom. The van der Waals surface area contributed by atoms with E-state index in [0.29, 0.717) is 15.3 Å². The fraction of sp³-hybridized carbons (Fsp3) is 0.143. The number of nitrogens with one attached hydrogen (secondary N) is 1. The van der Waals surface area contributed by atoms with Crippen LogP contribution in [0.4, 0.5) is 0 Å². The van der Waals surface area contributed by atoms with E-state index in [2.05, 4.69) is 25.1 Å². The Balaban J connectivity index is 2.18. The molecule has 14 heavy (non-hydrogen) atoms. The molecule has 0 atom stereocenters. The summed E-state index contributed by atoms with van der Waals surface area (Å²) in [6.07, 6.45) is 3.09. The fourth-order valence-electron chi connectivity index (χ4n) is 0.836. The van der Waals surface area contributed by atoms with Crippen LogP contribution in [0.1, 0.15) is 5.82 Å². The number of halogens is 1. The Bertz CT molecular complexity index is 443. The first kappa shape index (κ1) is 9.42. The second-order valence-electron chi connectivity index (χ2n) is 2.49. The summed E-state index contributed by atoms with van der Waals surface area (Å²) in [6.45, 7) is 1.83. The van der Waals surface area contributed by atoms with Gasteiger partial charge in [0, 0.05) is 0 Å². The van der Waals surface area contributed by atoms with Crippen LogP contribution in [0.2, 0.25) is 5.15 Å². The molecular weight excluding hydrogens is 222 g/mol. The molecule has 0 bridgehead atoms. The minimum atomic E-state index is 0.363. The molecule has 0 radical (unpaired) electrons. The molecule has 0 spiro atoms. The van der Waals surface area contributed by atoms with Crippen molar-refractivity contribution >= 4 is 23.4 Å². The van der Waals surface area contributed by atoms with E-state index in [4.69, 9.17) is 11.6 Å². The third kappa shape index (κ3) is 2.21. The minimum absolute atomic E-state index is 0.363. The molecule has 0 aliphatic heterocycles. The smallest absolute Gasteiger partial charge is 0.214 e. The fourth-order valence-corrected chi connectivity index (χ4v) is 1.75. The number of aryl methyl sites for hydroxylation is 1. The quantitative estimate of drug-likeness (QED) is 0.846. The predicted molar refractivity (Wildman–Crippen MR) is 52.3 cm³/mol. The highest BCUT2D eigenvalue weighted by Gasteiger charge is 2.04. The zero-order chi connectivity index (χ0) is 9.97. The third-order valence-electron chi connectivity index (χ3n) is 1.36. The van der Waals surface area contributed by atoms with Gasteiger partial charge in [0.25, 0.3) is 0 Å². The van der Waals surface area contributed by atoms with Crippen LogP contribution < -0.4 is 0 Å². The molecule has 5 nitrogen and oxygen atoms in total. The van der Waals surface area contributed by atoms with Crippen LogP contribution in [0.15, 0.2) is 22.6 Å². The summed E-state index contributed by atoms with van der Waals surface area (Å²) in [5, 5.41) is 8.35. The number of aromatic amines is 1. The number of rotatable bonds is 2. The van der Waals surface area contributed by atoms with Crippen molar-refractivity contribution in [3.63, 3.8) is 0 Å². The average Bonchev–Trinajstić information content (AvgIpc) is 2.51. The van der Waals surface area contributed by atoms with E-state index in [9.17, 15) is 0 Å². The molecule has 2 rings (SSSR count). The van der Waals surface area contributed by atoms with Gasteiger partial charge in [-0.1, -0.05) is 11.6 Å². The van der Waals surface area contributed by atoms with Gasteiger partial charge in [-0.05, 0) is 18.7 Å². The zero-order valence-corrected chi connectivity index (χ0v) is 8.80. The molecule has 2 heterocycles. The lowest BCUT2D eigenvalue weighted by Crippen LogP contribution is -1.84. The van der Waals surface area contributed by atoms with Crippen molar-refractivity contribution in [3.05, 3.63) is 23.4 Å². The van der Waals surface area contributed by atoms with Crippen molar-refractivity contribution in [2.24, 2.45) is 0 Å². The standard InChI is InChI=1S/C7H6ClN5S/c1-4-10-7(13-12-4)14-6-3-9-2-5(8)11-6/h2-3H,1H3,(H,10,12,13). The summed E-state index contributed by atoms with van der Waals surface area (Å²) in [7, 11) is 0. The first-order chi connectivity index (χ1) is 6.74. The molecule has 7 heteroatoms. The average molecular weight is 228 g/mol. The van der Waals surface area contributed by atoms with Gasteiger partial charge in [0.15, 0.2) is 0 Å². The lowest BCUT2D eigenvalue weighted by molar-refractivity contribution is 0.960. The van der Waals surface area contributed by atoms with Gasteiger partial charge in [-0.15, -0.1) is 5.10 Å². The predicted octanol–water partition coefficient (Wildman–Crippen LogP) is 1.71. The van der Waals surface area contributed by atoms with Crippen molar-refractivity contribution in [1.82, 2.24) is 25.1 Å². The lowest BCUT2D eigenvalue weighted by atomic mass is 10.8. The van der Waals surface area contributed by atoms with Gasteiger partial charge in [0.2, 0.25) is 5.16 Å². The van der Waals surface area contributed by atoms with Crippen molar-refractivity contribution in [1.29, 1.82) is 0 Å². The maximum atomic E-state index is 5.68. The van der Waals surface area contributed by atoms with Gasteiger partial charge in [-0.2, -0.15) is 0 Å². The van der Waals surface area contributed by atoms with Crippen LogP contribution in [0.3, 0.4) is 0 Å². The summed E-state index contributed by atoms with van der Waals surface area (Å²) in [4.78, 5) is 12.1. The molecule has 2 aromatic heterocycles. The van der Waals surface area contributed by atoms with Crippen LogP contribution in [-0.2, 0) is 0 Å². The number of nitrogens with zero attached hydrogens (tertiary/aromatic N) is 4. The summed E-state index contributed by atoms with van der Waals surface area (Å²) >= 11 is 6.99. The highest BCUT2D eigenvalue weighted by Crippen LogP contribution is 2.22. The van der Waals surface area contributed by atoms with E-state index in [0.717, 1.165) is 5.82 Å². The lowest BCUT2D eigenvalue weighted by Gasteiger charge is -1.94. The van der Waals surface area contributed by atoms with E-state index in [-0.39, 0.29) is 0 Å². The monoisotopic (exact) mass is 227 g/mol. The van der Waals surface area contributed by atoms with Crippen molar-refractivity contribution in [3.8, 4) is 0 Å². The number of hydrogen-bond donors (Lipinski definition) is 1. The van der Waals surface area contributed by atoms with Gasteiger partial charge < -0.3 is 0 Å². The second kappa shape index (κ2) is 3.93. The molecular formula is C7H6ClN5S. The first-order valence-corrected chi connectivity index (χ1v) is 4.98. The highest BCUT2D eigenvalue weighted by molar-refractivity contribution is 7.99. The molecule has 1 N–H and O–H groups in total. The van der Waals surface area contributed by atoms with E-state index < -0.39 is 0 Å². The Labute approximate surface area is 89.3 Å². The van der Waals surface area contributed by atoms with E-state index in [1.165, 1.54) is 18.0 Å². The summed E-state index contributed by atoms with van der Waals surface area (Å²) < 4.78 is 0. The molecule has 0 saturated carbocycles. The van der Waals surface area contributed by atoms with Crippen LogP contribution in [0.25, 0.3) is 0 Å². The SMILES string of the molecule is Cc1nc(Sc2cncc(Cl)n2)n[nH]1. The third-order valence-corrected chi connectivity index (χ3v) is 2.31.